The summed E-state index contributed by atoms with van der Waals surface area (Å²) in [6.07, 6.45) is 0. The Morgan fingerprint density at radius 2 is 1.68 bits per heavy atom. The Morgan fingerprint density at radius 1 is 1.08 bits per heavy atom. The first-order valence-electron chi connectivity index (χ1n) is 7.55. The average molecular weight is 419 g/mol. The fourth-order valence-corrected chi connectivity index (χ4v) is 3.91. The summed E-state index contributed by atoms with van der Waals surface area (Å²) in [6, 6.07) is 14.2. The zero-order chi connectivity index (χ0) is 18.1. The third-order valence-electron chi connectivity index (χ3n) is 3.80. The van der Waals surface area contributed by atoms with Crippen LogP contribution in [0.3, 0.4) is 0 Å². The summed E-state index contributed by atoms with van der Waals surface area (Å²) < 4.78 is 0.863. The van der Waals surface area contributed by atoms with Gasteiger partial charge in [0.15, 0.2) is 5.37 Å². The van der Waals surface area contributed by atoms with Crippen molar-refractivity contribution in [1.82, 2.24) is 0 Å². The summed E-state index contributed by atoms with van der Waals surface area (Å²) in [4.78, 5) is 39.9. The van der Waals surface area contributed by atoms with Gasteiger partial charge in [-0.05, 0) is 55.1 Å². The number of benzene rings is 2. The fraction of sp³-hybridized carbons (Fsp3) is 0.167. The predicted octanol–water partition coefficient (Wildman–Crippen LogP) is 4.34. The van der Waals surface area contributed by atoms with Crippen molar-refractivity contribution in [3.05, 3.63) is 58.6 Å². The van der Waals surface area contributed by atoms with Crippen molar-refractivity contribution in [1.29, 1.82) is 0 Å². The number of halogens is 1. The average Bonchev–Trinajstić information content (AvgIpc) is 2.85. The van der Waals surface area contributed by atoms with Crippen molar-refractivity contribution in [3.8, 4) is 0 Å². The first-order chi connectivity index (χ1) is 11.9. The molecule has 128 valence electrons. The van der Waals surface area contributed by atoms with E-state index in [4.69, 9.17) is 0 Å². The largest absolute Gasteiger partial charge is 0.295 e. The van der Waals surface area contributed by atoms with E-state index < -0.39 is 11.3 Å². The highest BCUT2D eigenvalue weighted by molar-refractivity contribution is 9.10. The summed E-state index contributed by atoms with van der Waals surface area (Å²) >= 11 is 4.19. The lowest BCUT2D eigenvalue weighted by Crippen LogP contribution is -2.44. The molecular weight excluding hydrogens is 404 g/mol. The van der Waals surface area contributed by atoms with Crippen LogP contribution in [0, 0.1) is 6.92 Å². The van der Waals surface area contributed by atoms with E-state index in [1.807, 2.05) is 19.1 Å². The normalized spacial score (nSPS) is 17.1. The van der Waals surface area contributed by atoms with Crippen LogP contribution < -0.4 is 9.80 Å². The van der Waals surface area contributed by atoms with Crippen LogP contribution in [0.5, 0.6) is 0 Å². The SMILES string of the molecule is CC(=O)N(c1ccc(Br)cc1)C1SC(=O)N(c2ccc(C)cc2)C1=O. The lowest BCUT2D eigenvalue weighted by molar-refractivity contribution is -0.121. The molecule has 0 radical (unpaired) electrons. The minimum absolute atomic E-state index is 0.299. The molecule has 25 heavy (non-hydrogen) atoms. The highest BCUT2D eigenvalue weighted by atomic mass is 79.9. The van der Waals surface area contributed by atoms with Gasteiger partial charge < -0.3 is 0 Å². The van der Waals surface area contributed by atoms with E-state index in [0.29, 0.717) is 11.4 Å². The van der Waals surface area contributed by atoms with Crippen molar-refractivity contribution in [2.45, 2.75) is 19.2 Å². The van der Waals surface area contributed by atoms with Gasteiger partial charge in [-0.2, -0.15) is 0 Å². The molecule has 2 aromatic rings. The maximum Gasteiger partial charge on any atom is 0.295 e. The standard InChI is InChI=1S/C18H15BrN2O3S/c1-11-3-7-15(8-4-11)21-16(23)17(25-18(21)24)20(12(2)22)14-9-5-13(19)6-10-14/h3-10,17H,1-2H3. The molecular formula is C18H15BrN2O3S. The van der Waals surface area contributed by atoms with E-state index in [1.165, 1.54) is 11.8 Å². The highest BCUT2D eigenvalue weighted by Crippen LogP contribution is 2.36. The fourth-order valence-electron chi connectivity index (χ4n) is 2.57. The molecule has 3 amide bonds. The molecule has 1 unspecified atom stereocenters. The topological polar surface area (TPSA) is 57.7 Å². The Balaban J connectivity index is 1.95. The van der Waals surface area contributed by atoms with Gasteiger partial charge in [0, 0.05) is 17.1 Å². The Bertz CT molecular complexity index is 836. The highest BCUT2D eigenvalue weighted by Gasteiger charge is 2.45. The van der Waals surface area contributed by atoms with Crippen molar-refractivity contribution in [3.63, 3.8) is 0 Å². The third kappa shape index (κ3) is 3.48. The lowest BCUT2D eigenvalue weighted by Gasteiger charge is -2.25. The van der Waals surface area contributed by atoms with Gasteiger partial charge >= 0.3 is 0 Å². The quantitative estimate of drug-likeness (QED) is 0.743. The first-order valence-corrected chi connectivity index (χ1v) is 9.22. The summed E-state index contributed by atoms with van der Waals surface area (Å²) in [5, 5.41) is -1.30. The van der Waals surface area contributed by atoms with E-state index in [9.17, 15) is 14.4 Å². The summed E-state index contributed by atoms with van der Waals surface area (Å²) in [5.74, 6) is -0.719. The Morgan fingerprint density at radius 3 is 2.24 bits per heavy atom. The predicted molar refractivity (Wildman–Crippen MR) is 103 cm³/mol. The van der Waals surface area contributed by atoms with Crippen LogP contribution in [-0.2, 0) is 9.59 Å². The second-order valence-electron chi connectivity index (χ2n) is 5.61. The zero-order valence-electron chi connectivity index (χ0n) is 13.6. The number of amides is 3. The van der Waals surface area contributed by atoms with E-state index in [2.05, 4.69) is 15.9 Å². The Kier molecular flexibility index (Phi) is 4.96. The van der Waals surface area contributed by atoms with Gasteiger partial charge in [-0.25, -0.2) is 4.90 Å². The Labute approximate surface area is 158 Å². The number of imide groups is 1. The second-order valence-corrected chi connectivity index (χ2v) is 7.56. The number of carbonyl (C=O) groups is 3. The molecule has 1 fully saturated rings. The van der Waals surface area contributed by atoms with Crippen molar-refractivity contribution < 1.29 is 14.4 Å². The van der Waals surface area contributed by atoms with Crippen LogP contribution in [0.4, 0.5) is 16.2 Å². The molecule has 1 aliphatic heterocycles. The minimum Gasteiger partial charge on any atom is -0.290 e. The molecule has 3 rings (SSSR count). The van der Waals surface area contributed by atoms with Gasteiger partial charge in [-0.15, -0.1) is 0 Å². The number of anilines is 2. The Hall–Kier alpha value is -2.12. The molecule has 2 aromatic carbocycles. The number of rotatable bonds is 3. The summed E-state index contributed by atoms with van der Waals surface area (Å²) in [7, 11) is 0. The number of carbonyl (C=O) groups excluding carboxylic acids is 3. The molecule has 0 saturated carbocycles. The molecule has 0 spiro atoms. The van der Waals surface area contributed by atoms with Crippen LogP contribution in [0.1, 0.15) is 12.5 Å². The summed E-state index contributed by atoms with van der Waals surface area (Å²) in [5.41, 5.74) is 2.11. The lowest BCUT2D eigenvalue weighted by atomic mass is 10.2. The molecule has 5 nitrogen and oxygen atoms in total. The van der Waals surface area contributed by atoms with Gasteiger partial charge in [0.2, 0.25) is 5.91 Å². The van der Waals surface area contributed by atoms with Gasteiger partial charge in [0.1, 0.15) is 0 Å². The molecule has 0 aliphatic carbocycles. The molecule has 7 heteroatoms. The molecule has 1 aliphatic rings. The first kappa shape index (κ1) is 17.7. The second kappa shape index (κ2) is 7.01. The van der Waals surface area contributed by atoms with Crippen molar-refractivity contribution in [2.75, 3.05) is 9.80 Å². The van der Waals surface area contributed by atoms with Gasteiger partial charge in [0.25, 0.3) is 11.1 Å². The molecule has 0 aromatic heterocycles. The van der Waals surface area contributed by atoms with Crippen LogP contribution in [0.25, 0.3) is 0 Å². The molecule has 1 heterocycles. The van der Waals surface area contributed by atoms with Crippen LogP contribution in [0.15, 0.2) is 53.0 Å². The van der Waals surface area contributed by atoms with Crippen molar-refractivity contribution in [2.24, 2.45) is 0 Å². The van der Waals surface area contributed by atoms with E-state index in [1.54, 1.807) is 36.4 Å². The molecule has 0 bridgehead atoms. The van der Waals surface area contributed by atoms with Crippen LogP contribution in [-0.4, -0.2) is 22.4 Å². The smallest absolute Gasteiger partial charge is 0.290 e. The van der Waals surface area contributed by atoms with E-state index in [-0.39, 0.29) is 11.1 Å². The minimum atomic E-state index is -0.910. The van der Waals surface area contributed by atoms with Gasteiger partial charge in [0.05, 0.1) is 5.69 Å². The number of nitrogens with zero attached hydrogens (tertiary/aromatic N) is 2. The third-order valence-corrected chi connectivity index (χ3v) is 5.35. The number of hydrogen-bond acceptors (Lipinski definition) is 4. The number of aryl methyl sites for hydroxylation is 1. The van der Waals surface area contributed by atoms with E-state index >= 15 is 0 Å². The van der Waals surface area contributed by atoms with Crippen LogP contribution >= 0.6 is 27.7 Å². The van der Waals surface area contributed by atoms with E-state index in [0.717, 1.165) is 26.7 Å². The number of thioether (sulfide) groups is 1. The maximum absolute atomic E-state index is 12.9. The molecule has 1 saturated heterocycles. The van der Waals surface area contributed by atoms with Crippen molar-refractivity contribution >= 4 is 56.1 Å². The monoisotopic (exact) mass is 418 g/mol. The summed E-state index contributed by atoms with van der Waals surface area (Å²) in [6.45, 7) is 3.31. The van der Waals surface area contributed by atoms with Gasteiger partial charge in [-0.1, -0.05) is 33.6 Å². The van der Waals surface area contributed by atoms with Gasteiger partial charge in [-0.3, -0.25) is 19.3 Å². The molecule has 1 atom stereocenters. The molecule has 0 N–H and O–H groups in total. The maximum atomic E-state index is 12.9. The number of hydrogen-bond donors (Lipinski definition) is 0. The zero-order valence-corrected chi connectivity index (χ0v) is 16.0. The van der Waals surface area contributed by atoms with Crippen LogP contribution in [0.2, 0.25) is 0 Å².